The van der Waals surface area contributed by atoms with Crippen LogP contribution < -0.4 is 5.32 Å². The summed E-state index contributed by atoms with van der Waals surface area (Å²) >= 11 is 3.06. The molecule has 3 nitrogen and oxygen atoms in total. The second kappa shape index (κ2) is 5.21. The van der Waals surface area contributed by atoms with E-state index >= 15 is 0 Å². The fourth-order valence-corrected chi connectivity index (χ4v) is 2.19. The van der Waals surface area contributed by atoms with E-state index in [0.717, 1.165) is 0 Å². The monoisotopic (exact) mass is 327 g/mol. The summed E-state index contributed by atoms with van der Waals surface area (Å²) in [7, 11) is 1.70. The summed E-state index contributed by atoms with van der Waals surface area (Å²) in [6, 6.07) is 2.54. The van der Waals surface area contributed by atoms with Gasteiger partial charge in [-0.2, -0.15) is 0 Å². The highest BCUT2D eigenvalue weighted by Crippen LogP contribution is 2.33. The predicted molar refractivity (Wildman–Crippen MR) is 74.1 cm³/mol. The molecular formula is C13H12BrF2N3. The molecule has 0 fully saturated rings. The van der Waals surface area contributed by atoms with Gasteiger partial charge in [0.15, 0.2) is 0 Å². The molecular weight excluding hydrogens is 316 g/mol. The fraction of sp³-hybridized carbons (Fsp3) is 0.231. The highest BCUT2D eigenvalue weighted by atomic mass is 79.9. The summed E-state index contributed by atoms with van der Waals surface area (Å²) in [6.45, 7) is 3.40. The average Bonchev–Trinajstić information content (AvgIpc) is 2.38. The molecule has 1 aromatic carbocycles. The van der Waals surface area contributed by atoms with Gasteiger partial charge in [-0.25, -0.2) is 18.7 Å². The van der Waals surface area contributed by atoms with Crippen molar-refractivity contribution in [2.75, 3.05) is 12.4 Å². The van der Waals surface area contributed by atoms with Crippen LogP contribution in [0.1, 0.15) is 11.4 Å². The maximum Gasteiger partial charge on any atom is 0.149 e. The summed E-state index contributed by atoms with van der Waals surface area (Å²) in [5, 5.41) is 2.89. The number of halogens is 3. The Bertz CT molecular complexity index is 644. The molecule has 0 aliphatic carbocycles. The first-order chi connectivity index (χ1) is 8.95. The topological polar surface area (TPSA) is 37.8 Å². The molecule has 0 bridgehead atoms. The molecule has 0 aliphatic heterocycles. The number of hydrogen-bond donors (Lipinski definition) is 1. The minimum atomic E-state index is -0.664. The molecule has 0 atom stereocenters. The van der Waals surface area contributed by atoms with Crippen molar-refractivity contribution in [3.8, 4) is 11.3 Å². The van der Waals surface area contributed by atoms with Crippen molar-refractivity contribution < 1.29 is 8.78 Å². The van der Waals surface area contributed by atoms with E-state index in [1.54, 1.807) is 20.9 Å². The Kier molecular flexibility index (Phi) is 3.80. The van der Waals surface area contributed by atoms with Gasteiger partial charge in [-0.1, -0.05) is 0 Å². The lowest BCUT2D eigenvalue weighted by atomic mass is 10.1. The molecule has 1 N–H and O–H groups in total. The maximum atomic E-state index is 14.1. The standard InChI is InChI=1S/C13H12BrF2N3/c1-6-12(18-7(2)19-13(6)17-3)10-9(15)5-4-8(14)11(10)16/h4-5H,1-3H3,(H,17,18,19). The van der Waals surface area contributed by atoms with Crippen molar-refractivity contribution in [2.45, 2.75) is 13.8 Å². The van der Waals surface area contributed by atoms with E-state index < -0.39 is 11.6 Å². The van der Waals surface area contributed by atoms with Gasteiger partial charge in [-0.3, -0.25) is 0 Å². The quantitative estimate of drug-likeness (QED) is 0.851. The Labute approximate surface area is 118 Å². The van der Waals surface area contributed by atoms with E-state index in [1.165, 1.54) is 12.1 Å². The third-order valence-corrected chi connectivity index (χ3v) is 3.39. The number of rotatable bonds is 2. The first kappa shape index (κ1) is 13.9. The normalized spacial score (nSPS) is 10.6. The highest BCUT2D eigenvalue weighted by Gasteiger charge is 2.19. The van der Waals surface area contributed by atoms with Crippen LogP contribution in [0.15, 0.2) is 16.6 Å². The van der Waals surface area contributed by atoms with Gasteiger partial charge >= 0.3 is 0 Å². The minimum Gasteiger partial charge on any atom is -0.373 e. The maximum absolute atomic E-state index is 14.1. The predicted octanol–water partition coefficient (Wildman–Crippen LogP) is 3.84. The van der Waals surface area contributed by atoms with Crippen LogP contribution in [0.4, 0.5) is 14.6 Å². The Balaban J connectivity index is 2.79. The van der Waals surface area contributed by atoms with Crippen molar-refractivity contribution in [3.05, 3.63) is 39.6 Å². The highest BCUT2D eigenvalue weighted by molar-refractivity contribution is 9.10. The van der Waals surface area contributed by atoms with Crippen molar-refractivity contribution in [3.63, 3.8) is 0 Å². The molecule has 0 radical (unpaired) electrons. The van der Waals surface area contributed by atoms with Gasteiger partial charge in [-0.05, 0) is 41.9 Å². The van der Waals surface area contributed by atoms with Gasteiger partial charge in [0.1, 0.15) is 23.3 Å². The van der Waals surface area contributed by atoms with Crippen LogP contribution in [0.3, 0.4) is 0 Å². The van der Waals surface area contributed by atoms with Crippen LogP contribution >= 0.6 is 15.9 Å². The molecule has 6 heteroatoms. The van der Waals surface area contributed by atoms with E-state index in [4.69, 9.17) is 0 Å². The van der Waals surface area contributed by atoms with Crippen molar-refractivity contribution in [2.24, 2.45) is 0 Å². The molecule has 0 unspecified atom stereocenters. The Morgan fingerprint density at radius 2 is 1.84 bits per heavy atom. The number of benzene rings is 1. The molecule has 1 aromatic heterocycles. The summed E-state index contributed by atoms with van der Waals surface area (Å²) in [5.41, 5.74) is 0.714. The van der Waals surface area contributed by atoms with Gasteiger partial charge in [0.05, 0.1) is 15.7 Å². The van der Waals surface area contributed by atoms with Crippen LogP contribution in [0, 0.1) is 25.5 Å². The summed E-state index contributed by atoms with van der Waals surface area (Å²) in [6.07, 6.45) is 0. The first-order valence-corrected chi connectivity index (χ1v) is 6.42. The van der Waals surface area contributed by atoms with Crippen LogP contribution in [0.25, 0.3) is 11.3 Å². The second-order valence-electron chi connectivity index (χ2n) is 4.06. The smallest absolute Gasteiger partial charge is 0.149 e. The van der Waals surface area contributed by atoms with Crippen LogP contribution in [-0.4, -0.2) is 17.0 Å². The van der Waals surface area contributed by atoms with Crippen molar-refractivity contribution in [1.82, 2.24) is 9.97 Å². The second-order valence-corrected chi connectivity index (χ2v) is 4.92. The lowest BCUT2D eigenvalue weighted by Gasteiger charge is -2.12. The number of nitrogens with zero attached hydrogens (tertiary/aromatic N) is 2. The number of aromatic nitrogens is 2. The lowest BCUT2D eigenvalue weighted by molar-refractivity contribution is 0.584. The third-order valence-electron chi connectivity index (χ3n) is 2.78. The molecule has 0 aliphatic rings. The van der Waals surface area contributed by atoms with Crippen molar-refractivity contribution in [1.29, 1.82) is 0 Å². The van der Waals surface area contributed by atoms with Gasteiger partial charge < -0.3 is 5.32 Å². The van der Waals surface area contributed by atoms with E-state index in [-0.39, 0.29) is 15.7 Å². The molecule has 19 heavy (non-hydrogen) atoms. The fourth-order valence-electron chi connectivity index (χ4n) is 1.86. The number of anilines is 1. The molecule has 2 rings (SSSR count). The lowest BCUT2D eigenvalue weighted by Crippen LogP contribution is -2.05. The van der Waals surface area contributed by atoms with Crippen molar-refractivity contribution >= 4 is 21.7 Å². The van der Waals surface area contributed by atoms with Gasteiger partial charge in [-0.15, -0.1) is 0 Å². The zero-order valence-corrected chi connectivity index (χ0v) is 12.3. The van der Waals surface area contributed by atoms with Crippen LogP contribution in [0.5, 0.6) is 0 Å². The molecule has 1 heterocycles. The van der Waals surface area contributed by atoms with E-state index in [2.05, 4.69) is 31.2 Å². The number of aryl methyl sites for hydroxylation is 1. The van der Waals surface area contributed by atoms with Gasteiger partial charge in [0.25, 0.3) is 0 Å². The molecule has 0 spiro atoms. The Morgan fingerprint density at radius 3 is 2.47 bits per heavy atom. The van der Waals surface area contributed by atoms with Crippen LogP contribution in [0.2, 0.25) is 0 Å². The average molecular weight is 328 g/mol. The Morgan fingerprint density at radius 1 is 1.16 bits per heavy atom. The zero-order chi connectivity index (χ0) is 14.2. The Hall–Kier alpha value is -1.56. The molecule has 100 valence electrons. The van der Waals surface area contributed by atoms with Gasteiger partial charge in [0.2, 0.25) is 0 Å². The number of nitrogens with one attached hydrogen (secondary N) is 1. The number of hydrogen-bond acceptors (Lipinski definition) is 3. The van der Waals surface area contributed by atoms with E-state index in [0.29, 0.717) is 17.2 Å². The summed E-state index contributed by atoms with van der Waals surface area (Å²) in [5.74, 6) is -0.308. The zero-order valence-electron chi connectivity index (χ0n) is 10.7. The molecule has 2 aromatic rings. The SMILES string of the molecule is CNc1nc(C)nc(-c2c(F)ccc(Br)c2F)c1C. The molecule has 0 amide bonds. The third kappa shape index (κ3) is 2.45. The molecule has 0 saturated heterocycles. The largest absolute Gasteiger partial charge is 0.373 e. The molecule has 0 saturated carbocycles. The first-order valence-electron chi connectivity index (χ1n) is 5.62. The van der Waals surface area contributed by atoms with Gasteiger partial charge in [0, 0.05) is 12.6 Å². The minimum absolute atomic E-state index is 0.145. The summed E-state index contributed by atoms with van der Waals surface area (Å²) < 4.78 is 28.2. The summed E-state index contributed by atoms with van der Waals surface area (Å²) in [4.78, 5) is 8.34. The van der Waals surface area contributed by atoms with Crippen LogP contribution in [-0.2, 0) is 0 Å². The van der Waals surface area contributed by atoms with E-state index in [9.17, 15) is 8.78 Å². The van der Waals surface area contributed by atoms with E-state index in [1.807, 2.05) is 0 Å².